The number of benzene rings is 2. The van der Waals surface area contributed by atoms with Crippen molar-refractivity contribution in [2.45, 2.75) is 37.6 Å². The molecule has 1 atom stereocenters. The molecule has 2 fully saturated rings. The summed E-state index contributed by atoms with van der Waals surface area (Å²) in [6.45, 7) is 2.18. The number of rotatable bonds is 7. The van der Waals surface area contributed by atoms with Crippen molar-refractivity contribution in [1.29, 1.82) is 0 Å². The maximum Gasteiger partial charge on any atom is 0.337 e. The largest absolute Gasteiger partial charge is 0.480 e. The topological polar surface area (TPSA) is 87.2 Å². The number of likely N-dealkylation sites (tertiary alicyclic amines) is 2. The van der Waals surface area contributed by atoms with Gasteiger partial charge in [0.15, 0.2) is 0 Å². The Bertz CT molecular complexity index is 1160. The van der Waals surface area contributed by atoms with Gasteiger partial charge in [0.1, 0.15) is 17.7 Å². The Morgan fingerprint density at radius 3 is 2.11 bits per heavy atom. The Balaban J connectivity index is 1.30. The fraction of sp³-hybridized carbons (Fsp3) is 0.414. The number of hydrogen-bond acceptors (Lipinski definition) is 5. The van der Waals surface area contributed by atoms with Crippen molar-refractivity contribution in [3.05, 3.63) is 76.9 Å². The van der Waals surface area contributed by atoms with Crippen LogP contribution >= 0.6 is 0 Å². The van der Waals surface area contributed by atoms with Crippen LogP contribution in [0.15, 0.2) is 48.5 Å². The van der Waals surface area contributed by atoms with Gasteiger partial charge in [-0.1, -0.05) is 12.1 Å². The summed E-state index contributed by atoms with van der Waals surface area (Å²) in [5.41, 5.74) is 1.90. The van der Waals surface area contributed by atoms with E-state index in [1.807, 2.05) is 17.0 Å². The lowest BCUT2D eigenvalue weighted by Gasteiger charge is -2.41. The van der Waals surface area contributed by atoms with Crippen molar-refractivity contribution in [3.63, 3.8) is 0 Å². The number of aliphatic carboxylic acids is 1. The monoisotopic (exact) mass is 526 g/mol. The molecule has 1 amide bonds. The standard InChI is InChI=1S/C29H32F2N2O5/c1-38-29(37)23-5-3-20(4-6-23)21-8-14-33(15-9-21)27(28(35)36)22-10-12-32(13-11-22)26(34)7-2-19-16-24(30)18-25(31)17-19/h2-7,16-18,21-22,27H,8-15H2,1H3,(H,35,36). The molecule has 38 heavy (non-hydrogen) atoms. The van der Waals surface area contributed by atoms with Gasteiger partial charge in [-0.15, -0.1) is 0 Å². The zero-order valence-electron chi connectivity index (χ0n) is 21.3. The summed E-state index contributed by atoms with van der Waals surface area (Å²) >= 11 is 0. The molecule has 2 saturated heterocycles. The second-order valence-electron chi connectivity index (χ2n) is 9.91. The van der Waals surface area contributed by atoms with Crippen LogP contribution in [0.1, 0.15) is 53.1 Å². The van der Waals surface area contributed by atoms with Gasteiger partial charge in [-0.25, -0.2) is 13.6 Å². The number of amides is 1. The Hall–Kier alpha value is -3.59. The van der Waals surface area contributed by atoms with E-state index < -0.39 is 23.6 Å². The number of carboxylic acid groups (broad SMARTS) is 1. The average molecular weight is 527 g/mol. The molecule has 7 nitrogen and oxygen atoms in total. The molecule has 2 aromatic carbocycles. The van der Waals surface area contributed by atoms with Gasteiger partial charge in [0, 0.05) is 25.2 Å². The van der Waals surface area contributed by atoms with Crippen LogP contribution in [0.25, 0.3) is 6.08 Å². The predicted molar refractivity (Wildman–Crippen MR) is 137 cm³/mol. The third-order valence-electron chi connectivity index (χ3n) is 7.58. The van der Waals surface area contributed by atoms with Crippen LogP contribution in [0.2, 0.25) is 0 Å². The summed E-state index contributed by atoms with van der Waals surface area (Å²) < 4.78 is 31.5. The minimum absolute atomic E-state index is 0.0752. The molecule has 0 aromatic heterocycles. The van der Waals surface area contributed by atoms with E-state index in [0.29, 0.717) is 50.5 Å². The van der Waals surface area contributed by atoms with E-state index in [2.05, 4.69) is 0 Å². The summed E-state index contributed by atoms with van der Waals surface area (Å²) in [4.78, 5) is 40.2. The minimum Gasteiger partial charge on any atom is -0.480 e. The molecule has 9 heteroatoms. The number of ether oxygens (including phenoxy) is 1. The zero-order valence-corrected chi connectivity index (χ0v) is 21.3. The number of methoxy groups -OCH3 is 1. The Kier molecular flexibility index (Phi) is 8.89. The molecule has 0 aliphatic carbocycles. The summed E-state index contributed by atoms with van der Waals surface area (Å²) in [7, 11) is 1.35. The molecule has 0 saturated carbocycles. The van der Waals surface area contributed by atoms with Gasteiger partial charge in [-0.3, -0.25) is 14.5 Å². The van der Waals surface area contributed by atoms with Crippen molar-refractivity contribution in [3.8, 4) is 0 Å². The fourth-order valence-corrected chi connectivity index (χ4v) is 5.56. The third-order valence-corrected chi connectivity index (χ3v) is 7.58. The molecule has 1 N–H and O–H groups in total. The molecular weight excluding hydrogens is 494 g/mol. The predicted octanol–water partition coefficient (Wildman–Crippen LogP) is 4.34. The first-order valence-electron chi connectivity index (χ1n) is 12.8. The van der Waals surface area contributed by atoms with Crippen molar-refractivity contribution in [2.24, 2.45) is 5.92 Å². The molecule has 202 valence electrons. The SMILES string of the molecule is COC(=O)c1ccc(C2CCN(C(C(=O)O)C3CCN(C(=O)C=Cc4cc(F)cc(F)c4)CC3)CC2)cc1. The molecule has 4 rings (SSSR count). The maximum atomic E-state index is 13.4. The highest BCUT2D eigenvalue weighted by Gasteiger charge is 2.38. The molecule has 0 radical (unpaired) electrons. The quantitative estimate of drug-likeness (QED) is 0.427. The van der Waals surface area contributed by atoms with Gasteiger partial charge >= 0.3 is 11.9 Å². The number of halogens is 2. The minimum atomic E-state index is -0.844. The highest BCUT2D eigenvalue weighted by Crippen LogP contribution is 2.32. The summed E-state index contributed by atoms with van der Waals surface area (Å²) in [5.74, 6) is -2.68. The molecule has 2 heterocycles. The van der Waals surface area contributed by atoms with E-state index in [1.54, 1.807) is 17.0 Å². The van der Waals surface area contributed by atoms with E-state index in [9.17, 15) is 28.3 Å². The summed E-state index contributed by atoms with van der Waals surface area (Å²) in [6.07, 6.45) is 5.47. The van der Waals surface area contributed by atoms with Crippen LogP contribution in [0.4, 0.5) is 8.78 Å². The Morgan fingerprint density at radius 2 is 1.55 bits per heavy atom. The van der Waals surface area contributed by atoms with Crippen LogP contribution in [0.3, 0.4) is 0 Å². The number of nitrogens with zero attached hydrogens (tertiary/aromatic N) is 2. The van der Waals surface area contributed by atoms with Crippen molar-refractivity contribution in [1.82, 2.24) is 9.80 Å². The molecule has 1 unspecified atom stereocenters. The first-order chi connectivity index (χ1) is 18.2. The van der Waals surface area contributed by atoms with E-state index in [-0.39, 0.29) is 23.4 Å². The molecule has 2 aliphatic rings. The van der Waals surface area contributed by atoms with Crippen molar-refractivity contribution < 1.29 is 33.0 Å². The second-order valence-corrected chi connectivity index (χ2v) is 9.91. The van der Waals surface area contributed by atoms with Crippen LogP contribution in [0.5, 0.6) is 0 Å². The number of hydrogen-bond donors (Lipinski definition) is 1. The van der Waals surface area contributed by atoms with Crippen molar-refractivity contribution in [2.75, 3.05) is 33.3 Å². The van der Waals surface area contributed by atoms with Gasteiger partial charge in [-0.2, -0.15) is 0 Å². The highest BCUT2D eigenvalue weighted by molar-refractivity contribution is 5.92. The second kappa shape index (κ2) is 12.3. The van der Waals surface area contributed by atoms with Crippen LogP contribution in [-0.4, -0.2) is 72.1 Å². The number of carbonyl (C=O) groups is 3. The number of piperidine rings is 2. The van der Waals surface area contributed by atoms with Crippen LogP contribution in [0, 0.1) is 17.6 Å². The number of carboxylic acids is 1. The molecule has 0 spiro atoms. The average Bonchev–Trinajstić information content (AvgIpc) is 2.91. The Morgan fingerprint density at radius 1 is 0.947 bits per heavy atom. The molecule has 2 aliphatic heterocycles. The molecular formula is C29H32F2N2O5. The lowest BCUT2D eigenvalue weighted by atomic mass is 9.84. The normalized spacial score (nSPS) is 18.4. The molecule has 0 bridgehead atoms. The van der Waals surface area contributed by atoms with Gasteiger partial charge in [0.2, 0.25) is 5.91 Å². The molecule has 2 aromatic rings. The van der Waals surface area contributed by atoms with E-state index in [0.717, 1.165) is 36.6 Å². The van der Waals surface area contributed by atoms with E-state index >= 15 is 0 Å². The Labute approximate surface area is 220 Å². The summed E-state index contributed by atoms with van der Waals surface area (Å²) in [6, 6.07) is 9.85. The first kappa shape index (κ1) is 27.4. The first-order valence-corrected chi connectivity index (χ1v) is 12.8. The van der Waals surface area contributed by atoms with Gasteiger partial charge in [-0.05, 0) is 92.1 Å². The zero-order chi connectivity index (χ0) is 27.2. The van der Waals surface area contributed by atoms with Crippen LogP contribution < -0.4 is 0 Å². The van der Waals surface area contributed by atoms with Crippen molar-refractivity contribution >= 4 is 23.9 Å². The lowest BCUT2D eigenvalue weighted by Crippen LogP contribution is -2.52. The smallest absolute Gasteiger partial charge is 0.337 e. The third kappa shape index (κ3) is 6.64. The van der Waals surface area contributed by atoms with E-state index in [1.165, 1.54) is 19.3 Å². The fourth-order valence-electron chi connectivity index (χ4n) is 5.56. The van der Waals surface area contributed by atoms with Gasteiger partial charge in [0.25, 0.3) is 0 Å². The van der Waals surface area contributed by atoms with E-state index in [4.69, 9.17) is 4.74 Å². The summed E-state index contributed by atoms with van der Waals surface area (Å²) in [5, 5.41) is 10.1. The number of carbonyl (C=O) groups excluding carboxylic acids is 2. The maximum absolute atomic E-state index is 13.4. The highest BCUT2D eigenvalue weighted by atomic mass is 19.1. The lowest BCUT2D eigenvalue weighted by molar-refractivity contribution is -0.147. The van der Waals surface area contributed by atoms with Gasteiger partial charge in [0.05, 0.1) is 12.7 Å². The number of esters is 1. The van der Waals surface area contributed by atoms with Crippen LogP contribution in [-0.2, 0) is 14.3 Å². The van der Waals surface area contributed by atoms with Gasteiger partial charge < -0.3 is 14.7 Å².